The van der Waals surface area contributed by atoms with Gasteiger partial charge in [0.05, 0.1) is 19.3 Å². The Morgan fingerprint density at radius 1 is 1.26 bits per heavy atom. The van der Waals surface area contributed by atoms with Crippen LogP contribution in [-0.2, 0) is 9.53 Å². The minimum Gasteiger partial charge on any atom is -0.490 e. The molecular weight excluding hydrogens is 352 g/mol. The highest BCUT2D eigenvalue weighted by Gasteiger charge is 2.24. The van der Waals surface area contributed by atoms with Gasteiger partial charge in [-0.25, -0.2) is 9.59 Å². The molecule has 1 atom stereocenters. The molecule has 1 aromatic carbocycles. The Kier molecular flexibility index (Phi) is 5.61. The first kappa shape index (κ1) is 18.7. The third kappa shape index (κ3) is 4.20. The maximum atomic E-state index is 11.5. The third-order valence-electron chi connectivity index (χ3n) is 4.18. The molecule has 1 aliphatic rings. The van der Waals surface area contributed by atoms with E-state index in [0.717, 1.165) is 11.0 Å². The molecule has 142 valence electrons. The normalized spacial score (nSPS) is 17.0. The van der Waals surface area contributed by atoms with Gasteiger partial charge in [0.15, 0.2) is 11.3 Å². The molecule has 0 saturated carbocycles. The minimum absolute atomic E-state index is 0.266. The van der Waals surface area contributed by atoms with Crippen LogP contribution in [0.25, 0.3) is 11.0 Å². The van der Waals surface area contributed by atoms with E-state index in [9.17, 15) is 9.59 Å². The Balaban J connectivity index is 1.68. The molecule has 2 aromatic rings. The van der Waals surface area contributed by atoms with Crippen molar-refractivity contribution in [1.82, 2.24) is 0 Å². The van der Waals surface area contributed by atoms with E-state index < -0.39 is 11.6 Å². The number of benzene rings is 1. The highest BCUT2D eigenvalue weighted by atomic mass is 16.5. The number of cyclic esters (lactones) is 1. The fourth-order valence-corrected chi connectivity index (χ4v) is 2.83. The molecule has 0 radical (unpaired) electrons. The molecule has 1 aliphatic heterocycles. The van der Waals surface area contributed by atoms with Crippen LogP contribution in [0.2, 0.25) is 0 Å². The largest absolute Gasteiger partial charge is 0.490 e. The van der Waals surface area contributed by atoms with E-state index in [0.29, 0.717) is 23.5 Å². The quantitative estimate of drug-likeness (QED) is 0.453. The monoisotopic (exact) mass is 372 g/mol. The van der Waals surface area contributed by atoms with Gasteiger partial charge in [-0.15, -0.1) is 0 Å². The van der Waals surface area contributed by atoms with E-state index in [4.69, 9.17) is 23.7 Å². The number of hydrogen-bond acceptors (Lipinski definition) is 7. The van der Waals surface area contributed by atoms with E-state index in [1.807, 2.05) is 13.0 Å². The summed E-state index contributed by atoms with van der Waals surface area (Å²) in [6.07, 6.45) is 3.64. The zero-order chi connectivity index (χ0) is 19.4. The highest BCUT2D eigenvalue weighted by molar-refractivity contribution is 5.91. The van der Waals surface area contributed by atoms with Gasteiger partial charge in [0.2, 0.25) is 5.75 Å². The van der Waals surface area contributed by atoms with Crippen molar-refractivity contribution >= 4 is 16.9 Å². The van der Waals surface area contributed by atoms with E-state index in [2.05, 4.69) is 0 Å². The summed E-state index contributed by atoms with van der Waals surface area (Å²) in [5.41, 5.74) is 1.12. The van der Waals surface area contributed by atoms with E-state index >= 15 is 0 Å². The molecule has 7 heteroatoms. The lowest BCUT2D eigenvalue weighted by Gasteiger charge is -2.12. The summed E-state index contributed by atoms with van der Waals surface area (Å²) < 4.78 is 21.5. The lowest BCUT2D eigenvalue weighted by atomic mass is 10.1. The number of esters is 1. The smallest absolute Gasteiger partial charge is 0.336 e. The standard InChI is InChI=1S/C20H20O7/c1-12(9-15-10-14(11-21)20(23)26-15)7-8-25-16-5-3-13-4-6-17(22)27-18(13)19(16)24-2/h3-7,10,15,21H,8-9,11H2,1-2H3. The van der Waals surface area contributed by atoms with Gasteiger partial charge in [-0.3, -0.25) is 0 Å². The zero-order valence-electron chi connectivity index (χ0n) is 15.1. The number of carbonyl (C=O) groups is 1. The molecule has 0 aliphatic carbocycles. The van der Waals surface area contributed by atoms with Crippen molar-refractivity contribution in [2.75, 3.05) is 20.3 Å². The second kappa shape index (κ2) is 8.09. The summed E-state index contributed by atoms with van der Waals surface area (Å²) in [6.45, 7) is 1.85. The lowest BCUT2D eigenvalue weighted by molar-refractivity contribution is -0.139. The Labute approximate surface area is 155 Å². The summed E-state index contributed by atoms with van der Waals surface area (Å²) in [7, 11) is 1.48. The molecule has 0 amide bonds. The van der Waals surface area contributed by atoms with E-state index in [-0.39, 0.29) is 24.9 Å². The predicted octanol–water partition coefficient (Wildman–Crippen LogP) is 2.36. The Morgan fingerprint density at radius 2 is 2.04 bits per heavy atom. The topological polar surface area (TPSA) is 95.2 Å². The predicted molar refractivity (Wildman–Crippen MR) is 98.0 cm³/mol. The van der Waals surface area contributed by atoms with Crippen molar-refractivity contribution in [3.63, 3.8) is 0 Å². The number of ether oxygens (including phenoxy) is 3. The van der Waals surface area contributed by atoms with Gasteiger partial charge in [-0.1, -0.05) is 5.57 Å². The number of aliphatic hydroxyl groups excluding tert-OH is 1. The molecule has 3 rings (SSSR count). The minimum atomic E-state index is -0.478. The lowest BCUT2D eigenvalue weighted by Crippen LogP contribution is -2.09. The van der Waals surface area contributed by atoms with E-state index in [1.54, 1.807) is 24.3 Å². The summed E-state index contributed by atoms with van der Waals surface area (Å²) >= 11 is 0. The van der Waals surface area contributed by atoms with Gasteiger partial charge >= 0.3 is 11.6 Å². The van der Waals surface area contributed by atoms with Crippen LogP contribution >= 0.6 is 0 Å². The fourth-order valence-electron chi connectivity index (χ4n) is 2.83. The molecule has 1 N–H and O–H groups in total. The van der Waals surface area contributed by atoms with Crippen LogP contribution in [0.15, 0.2) is 56.8 Å². The van der Waals surface area contributed by atoms with Crippen molar-refractivity contribution < 1.29 is 28.5 Å². The highest BCUT2D eigenvalue weighted by Crippen LogP contribution is 2.34. The molecule has 0 saturated heterocycles. The van der Waals surface area contributed by atoms with Gasteiger partial charge < -0.3 is 23.7 Å². The van der Waals surface area contributed by atoms with Crippen molar-refractivity contribution in [1.29, 1.82) is 0 Å². The van der Waals surface area contributed by atoms with Crippen molar-refractivity contribution in [2.45, 2.75) is 19.4 Å². The third-order valence-corrected chi connectivity index (χ3v) is 4.18. The SMILES string of the molecule is COc1c(OCC=C(C)CC2C=C(CO)C(=O)O2)ccc2ccc(=O)oc12. The second-order valence-electron chi connectivity index (χ2n) is 6.13. The molecule has 0 spiro atoms. The van der Waals surface area contributed by atoms with Crippen LogP contribution in [0.4, 0.5) is 0 Å². The van der Waals surface area contributed by atoms with Crippen molar-refractivity contribution in [3.05, 3.63) is 58.0 Å². The molecule has 1 aromatic heterocycles. The molecule has 2 heterocycles. The zero-order valence-corrected chi connectivity index (χ0v) is 15.1. The molecule has 0 fully saturated rings. The van der Waals surface area contributed by atoms with Crippen LogP contribution in [0, 0.1) is 0 Å². The first-order valence-electron chi connectivity index (χ1n) is 8.43. The number of carbonyl (C=O) groups excluding carboxylic acids is 1. The van der Waals surface area contributed by atoms with Gasteiger partial charge in [-0.2, -0.15) is 0 Å². The first-order chi connectivity index (χ1) is 13.0. The number of aliphatic hydroxyl groups is 1. The number of rotatable bonds is 7. The van der Waals surface area contributed by atoms with Crippen molar-refractivity contribution in [3.8, 4) is 11.5 Å². The van der Waals surface area contributed by atoms with Crippen LogP contribution in [0.5, 0.6) is 11.5 Å². The molecule has 0 bridgehead atoms. The Morgan fingerprint density at radius 3 is 2.74 bits per heavy atom. The van der Waals surface area contributed by atoms with Gasteiger partial charge in [0, 0.05) is 17.9 Å². The Bertz CT molecular complexity index is 968. The van der Waals surface area contributed by atoms with Gasteiger partial charge in [-0.05, 0) is 37.3 Å². The molecular formula is C20H20O7. The van der Waals surface area contributed by atoms with E-state index in [1.165, 1.54) is 13.2 Å². The van der Waals surface area contributed by atoms with Gasteiger partial charge in [0.1, 0.15) is 12.7 Å². The number of fused-ring (bicyclic) bond motifs is 1. The van der Waals surface area contributed by atoms with Gasteiger partial charge in [0.25, 0.3) is 0 Å². The summed E-state index contributed by atoms with van der Waals surface area (Å²) in [4.78, 5) is 22.9. The molecule has 27 heavy (non-hydrogen) atoms. The van der Waals surface area contributed by atoms with Crippen LogP contribution in [0.1, 0.15) is 13.3 Å². The average molecular weight is 372 g/mol. The fraction of sp³-hybridized carbons (Fsp3) is 0.300. The van der Waals surface area contributed by atoms with Crippen molar-refractivity contribution in [2.24, 2.45) is 0 Å². The van der Waals surface area contributed by atoms with Crippen LogP contribution in [0.3, 0.4) is 0 Å². The summed E-state index contributed by atoms with van der Waals surface area (Å²) in [6, 6.07) is 6.54. The molecule has 7 nitrogen and oxygen atoms in total. The summed E-state index contributed by atoms with van der Waals surface area (Å²) in [5, 5.41) is 9.79. The number of methoxy groups -OCH3 is 1. The Hall–Kier alpha value is -3.06. The van der Waals surface area contributed by atoms with Crippen LogP contribution < -0.4 is 15.1 Å². The second-order valence-corrected chi connectivity index (χ2v) is 6.13. The first-order valence-corrected chi connectivity index (χ1v) is 8.43. The number of hydrogen-bond donors (Lipinski definition) is 1. The maximum Gasteiger partial charge on any atom is 0.336 e. The molecule has 1 unspecified atom stereocenters. The summed E-state index contributed by atoms with van der Waals surface area (Å²) in [5.74, 6) is 0.337. The maximum absolute atomic E-state index is 11.5. The average Bonchev–Trinajstić information content (AvgIpc) is 3.00. The van der Waals surface area contributed by atoms with Crippen LogP contribution in [-0.4, -0.2) is 37.5 Å².